The summed E-state index contributed by atoms with van der Waals surface area (Å²) in [6.45, 7) is 14.7. The summed E-state index contributed by atoms with van der Waals surface area (Å²) in [5, 5.41) is 9.10. The van der Waals surface area contributed by atoms with Crippen molar-refractivity contribution in [3.63, 3.8) is 0 Å². The molecule has 0 spiro atoms. The second-order valence-corrected chi connectivity index (χ2v) is 5.15. The highest BCUT2D eigenvalue weighted by Crippen LogP contribution is 2.13. The molecular formula is C15H29N3O. The van der Waals surface area contributed by atoms with Gasteiger partial charge < -0.3 is 9.80 Å². The minimum absolute atomic E-state index is 0.0143. The molecule has 0 aliphatic carbocycles. The highest BCUT2D eigenvalue weighted by molar-refractivity contribution is 5.81. The lowest BCUT2D eigenvalue weighted by Gasteiger charge is -2.26. The van der Waals surface area contributed by atoms with Gasteiger partial charge in [-0.05, 0) is 38.9 Å². The Labute approximate surface area is 118 Å². The molecule has 0 heterocycles. The maximum absolute atomic E-state index is 12.3. The van der Waals surface area contributed by atoms with Gasteiger partial charge in [0.15, 0.2) is 0 Å². The summed E-state index contributed by atoms with van der Waals surface area (Å²) in [5.74, 6) is -0.442. The predicted molar refractivity (Wildman–Crippen MR) is 78.6 cm³/mol. The van der Waals surface area contributed by atoms with Crippen LogP contribution in [-0.2, 0) is 4.79 Å². The van der Waals surface area contributed by atoms with Crippen molar-refractivity contribution in [2.24, 2.45) is 11.8 Å². The van der Waals surface area contributed by atoms with Gasteiger partial charge in [-0.25, -0.2) is 0 Å². The van der Waals surface area contributed by atoms with E-state index in [9.17, 15) is 4.79 Å². The topological polar surface area (TPSA) is 47.3 Å². The third-order valence-corrected chi connectivity index (χ3v) is 3.56. The number of carbonyl (C=O) groups is 1. The van der Waals surface area contributed by atoms with Gasteiger partial charge in [-0.3, -0.25) is 4.79 Å². The molecular weight excluding hydrogens is 238 g/mol. The molecule has 1 amide bonds. The molecule has 0 radical (unpaired) electrons. The Morgan fingerprint density at radius 1 is 1.11 bits per heavy atom. The maximum atomic E-state index is 12.3. The van der Waals surface area contributed by atoms with Gasteiger partial charge in [0.1, 0.15) is 5.92 Å². The number of carbonyl (C=O) groups excluding carboxylic acids is 1. The maximum Gasteiger partial charge on any atom is 0.240 e. The van der Waals surface area contributed by atoms with Gasteiger partial charge in [-0.2, -0.15) is 5.26 Å². The molecule has 1 atom stereocenters. The van der Waals surface area contributed by atoms with Crippen molar-refractivity contribution in [2.45, 2.75) is 41.0 Å². The first-order valence-corrected chi connectivity index (χ1v) is 7.42. The van der Waals surface area contributed by atoms with E-state index in [4.69, 9.17) is 5.26 Å². The van der Waals surface area contributed by atoms with Crippen LogP contribution < -0.4 is 0 Å². The SMILES string of the molecule is CCN(CC)CCCN(CC)C(=O)C(C#N)C(C)C. The fourth-order valence-corrected chi connectivity index (χ4v) is 2.14. The molecule has 0 aromatic heterocycles. The molecule has 0 fully saturated rings. The first kappa shape index (κ1) is 17.9. The van der Waals surface area contributed by atoms with Crippen LogP contribution in [0.4, 0.5) is 0 Å². The Morgan fingerprint density at radius 2 is 1.68 bits per heavy atom. The normalized spacial score (nSPS) is 12.5. The summed E-state index contributed by atoms with van der Waals surface area (Å²) < 4.78 is 0. The van der Waals surface area contributed by atoms with Crippen LogP contribution in [0.1, 0.15) is 41.0 Å². The highest BCUT2D eigenvalue weighted by Gasteiger charge is 2.25. The minimum Gasteiger partial charge on any atom is -0.342 e. The number of nitrogens with zero attached hydrogens (tertiary/aromatic N) is 3. The summed E-state index contributed by atoms with van der Waals surface area (Å²) in [6, 6.07) is 2.14. The van der Waals surface area contributed by atoms with Gasteiger partial charge in [0.05, 0.1) is 6.07 Å². The van der Waals surface area contributed by atoms with E-state index >= 15 is 0 Å². The lowest BCUT2D eigenvalue weighted by atomic mass is 9.96. The Morgan fingerprint density at radius 3 is 2.05 bits per heavy atom. The molecule has 0 bridgehead atoms. The molecule has 0 rings (SSSR count). The quantitative estimate of drug-likeness (QED) is 0.644. The predicted octanol–water partition coefficient (Wildman–Crippen LogP) is 2.36. The van der Waals surface area contributed by atoms with Gasteiger partial charge in [-0.15, -0.1) is 0 Å². The van der Waals surface area contributed by atoms with E-state index < -0.39 is 5.92 Å². The van der Waals surface area contributed by atoms with E-state index in [1.54, 1.807) is 0 Å². The average molecular weight is 267 g/mol. The lowest BCUT2D eigenvalue weighted by Crippen LogP contribution is -2.39. The molecule has 0 saturated carbocycles. The van der Waals surface area contributed by atoms with E-state index in [1.807, 2.05) is 25.7 Å². The minimum atomic E-state index is -0.506. The first-order valence-electron chi connectivity index (χ1n) is 7.42. The Bertz CT molecular complexity index is 292. The Balaban J connectivity index is 4.35. The lowest BCUT2D eigenvalue weighted by molar-refractivity contribution is -0.134. The summed E-state index contributed by atoms with van der Waals surface area (Å²) in [7, 11) is 0. The van der Waals surface area contributed by atoms with Crippen LogP contribution in [0.15, 0.2) is 0 Å². The molecule has 0 saturated heterocycles. The third kappa shape index (κ3) is 6.07. The average Bonchev–Trinajstić information content (AvgIpc) is 2.39. The zero-order chi connectivity index (χ0) is 14.8. The zero-order valence-electron chi connectivity index (χ0n) is 13.1. The van der Waals surface area contributed by atoms with Crippen molar-refractivity contribution in [2.75, 3.05) is 32.7 Å². The fraction of sp³-hybridized carbons (Fsp3) is 0.867. The molecule has 110 valence electrons. The van der Waals surface area contributed by atoms with E-state index in [0.717, 1.165) is 32.6 Å². The van der Waals surface area contributed by atoms with Crippen molar-refractivity contribution in [3.05, 3.63) is 0 Å². The van der Waals surface area contributed by atoms with Crippen molar-refractivity contribution >= 4 is 5.91 Å². The number of amides is 1. The van der Waals surface area contributed by atoms with Crippen molar-refractivity contribution in [1.82, 2.24) is 9.80 Å². The number of hydrogen-bond donors (Lipinski definition) is 0. The summed E-state index contributed by atoms with van der Waals surface area (Å²) in [5.41, 5.74) is 0. The van der Waals surface area contributed by atoms with Gasteiger partial charge >= 0.3 is 0 Å². The molecule has 0 aromatic carbocycles. The fourth-order valence-electron chi connectivity index (χ4n) is 2.14. The van der Waals surface area contributed by atoms with E-state index in [-0.39, 0.29) is 11.8 Å². The van der Waals surface area contributed by atoms with E-state index in [1.165, 1.54) is 0 Å². The molecule has 0 aromatic rings. The van der Waals surface area contributed by atoms with Gasteiger partial charge in [0.25, 0.3) is 0 Å². The zero-order valence-corrected chi connectivity index (χ0v) is 13.1. The van der Waals surface area contributed by atoms with Crippen LogP contribution in [0, 0.1) is 23.2 Å². The van der Waals surface area contributed by atoms with Gasteiger partial charge in [0.2, 0.25) is 5.91 Å². The molecule has 1 unspecified atom stereocenters. The van der Waals surface area contributed by atoms with Crippen LogP contribution in [-0.4, -0.2) is 48.4 Å². The number of rotatable bonds is 9. The monoisotopic (exact) mass is 267 g/mol. The second kappa shape index (κ2) is 9.80. The molecule has 19 heavy (non-hydrogen) atoms. The van der Waals surface area contributed by atoms with E-state index in [2.05, 4.69) is 24.8 Å². The van der Waals surface area contributed by atoms with Crippen LogP contribution >= 0.6 is 0 Å². The van der Waals surface area contributed by atoms with Crippen LogP contribution in [0.5, 0.6) is 0 Å². The Kier molecular flexibility index (Phi) is 9.24. The molecule has 0 N–H and O–H groups in total. The molecule has 4 nitrogen and oxygen atoms in total. The van der Waals surface area contributed by atoms with Crippen molar-refractivity contribution in [1.29, 1.82) is 5.26 Å². The Hall–Kier alpha value is -1.08. The van der Waals surface area contributed by atoms with E-state index in [0.29, 0.717) is 6.54 Å². The largest absolute Gasteiger partial charge is 0.342 e. The first-order chi connectivity index (χ1) is 9.01. The second-order valence-electron chi connectivity index (χ2n) is 5.15. The van der Waals surface area contributed by atoms with Crippen LogP contribution in [0.2, 0.25) is 0 Å². The smallest absolute Gasteiger partial charge is 0.240 e. The molecule has 0 aliphatic heterocycles. The number of hydrogen-bond acceptors (Lipinski definition) is 3. The van der Waals surface area contributed by atoms with Crippen LogP contribution in [0.3, 0.4) is 0 Å². The third-order valence-electron chi connectivity index (χ3n) is 3.56. The molecule has 0 aliphatic rings. The summed E-state index contributed by atoms with van der Waals surface area (Å²) in [6.07, 6.45) is 0.970. The van der Waals surface area contributed by atoms with Gasteiger partial charge in [-0.1, -0.05) is 27.7 Å². The van der Waals surface area contributed by atoms with Crippen LogP contribution in [0.25, 0.3) is 0 Å². The summed E-state index contributed by atoms with van der Waals surface area (Å²) >= 11 is 0. The summed E-state index contributed by atoms with van der Waals surface area (Å²) in [4.78, 5) is 16.4. The molecule has 4 heteroatoms. The number of nitriles is 1. The van der Waals surface area contributed by atoms with Crippen molar-refractivity contribution < 1.29 is 4.79 Å². The highest BCUT2D eigenvalue weighted by atomic mass is 16.2. The van der Waals surface area contributed by atoms with Crippen molar-refractivity contribution in [3.8, 4) is 6.07 Å². The standard InChI is InChI=1S/C15H29N3O/c1-6-17(7-2)10-9-11-18(8-3)15(19)14(12-16)13(4)5/h13-14H,6-11H2,1-5H3. The van der Waals surface area contributed by atoms with Gasteiger partial charge in [0, 0.05) is 13.1 Å².